The van der Waals surface area contributed by atoms with Crippen molar-refractivity contribution in [3.63, 3.8) is 0 Å². The maximum absolute atomic E-state index is 12.3. The van der Waals surface area contributed by atoms with Crippen LogP contribution < -0.4 is 0 Å². The van der Waals surface area contributed by atoms with Crippen LogP contribution in [0.2, 0.25) is 5.02 Å². The molecule has 8 heteroatoms. The first-order valence-electron chi connectivity index (χ1n) is 7.51. The monoisotopic (exact) mass is 407 g/mol. The highest BCUT2D eigenvalue weighted by Gasteiger charge is 2.19. The van der Waals surface area contributed by atoms with Crippen LogP contribution in [0.4, 0.5) is 0 Å². The first-order chi connectivity index (χ1) is 12.3. The van der Waals surface area contributed by atoms with E-state index >= 15 is 0 Å². The molecule has 0 aliphatic rings. The molecule has 0 spiro atoms. The molecule has 0 aliphatic heterocycles. The number of thiazole rings is 1. The Kier molecular flexibility index (Phi) is 5.41. The molecule has 5 nitrogen and oxygen atoms in total. The van der Waals surface area contributed by atoms with E-state index in [1.165, 1.54) is 23.5 Å². The minimum atomic E-state index is -3.52. The number of hydrogen-bond donors (Lipinski definition) is 0. The first-order valence-corrected chi connectivity index (χ1v) is 10.7. The minimum Gasteiger partial charge on any atom is -0.456 e. The first kappa shape index (κ1) is 18.6. The van der Waals surface area contributed by atoms with Gasteiger partial charge in [-0.2, -0.15) is 0 Å². The van der Waals surface area contributed by atoms with Gasteiger partial charge in [-0.25, -0.2) is 18.2 Å². The summed E-state index contributed by atoms with van der Waals surface area (Å²) in [4.78, 5) is 16.7. The predicted octanol–water partition coefficient (Wildman–Crippen LogP) is 4.22. The molecule has 0 atom stereocenters. The van der Waals surface area contributed by atoms with Crippen molar-refractivity contribution in [3.05, 3.63) is 70.2 Å². The number of nitrogens with zero attached hydrogens (tertiary/aromatic N) is 1. The lowest BCUT2D eigenvalue weighted by atomic mass is 10.2. The lowest BCUT2D eigenvalue weighted by Crippen LogP contribution is -2.11. The standard InChI is InChI=1S/C18H14ClNO4S2/c1-26(22,23)16-5-3-2-4-15(16)18(21)24-10-14-11-25-17(20-14)12-6-8-13(19)9-7-12/h2-9,11H,10H2,1H3. The van der Waals surface area contributed by atoms with E-state index in [0.717, 1.165) is 16.8 Å². The van der Waals surface area contributed by atoms with Crippen molar-refractivity contribution in [1.29, 1.82) is 0 Å². The number of hydrogen-bond acceptors (Lipinski definition) is 6. The minimum absolute atomic E-state index is 0.0168. The molecule has 134 valence electrons. The van der Waals surface area contributed by atoms with Crippen molar-refractivity contribution in [3.8, 4) is 10.6 Å². The summed E-state index contributed by atoms with van der Waals surface area (Å²) in [6, 6.07) is 13.2. The average Bonchev–Trinajstić information content (AvgIpc) is 3.08. The molecule has 0 radical (unpaired) electrons. The van der Waals surface area contributed by atoms with E-state index in [9.17, 15) is 13.2 Å². The maximum atomic E-state index is 12.3. The van der Waals surface area contributed by atoms with Gasteiger partial charge >= 0.3 is 5.97 Å². The second-order valence-electron chi connectivity index (χ2n) is 5.50. The summed E-state index contributed by atoms with van der Waals surface area (Å²) in [6.07, 6.45) is 1.05. The van der Waals surface area contributed by atoms with Crippen molar-refractivity contribution < 1.29 is 17.9 Å². The zero-order valence-corrected chi connectivity index (χ0v) is 16.1. The van der Waals surface area contributed by atoms with Gasteiger partial charge in [0.05, 0.1) is 16.2 Å². The molecule has 0 amide bonds. The SMILES string of the molecule is CS(=O)(=O)c1ccccc1C(=O)OCc1csc(-c2ccc(Cl)cc2)n1. The molecule has 0 N–H and O–H groups in total. The summed E-state index contributed by atoms with van der Waals surface area (Å²) in [5.41, 5.74) is 1.52. The van der Waals surface area contributed by atoms with Crippen molar-refractivity contribution in [2.24, 2.45) is 0 Å². The van der Waals surface area contributed by atoms with Crippen molar-refractivity contribution in [2.75, 3.05) is 6.26 Å². The number of ether oxygens (including phenoxy) is 1. The van der Waals surface area contributed by atoms with Gasteiger partial charge in [0.2, 0.25) is 0 Å². The highest BCUT2D eigenvalue weighted by Crippen LogP contribution is 2.25. The molecular formula is C18H14ClNO4S2. The van der Waals surface area contributed by atoms with E-state index in [4.69, 9.17) is 16.3 Å². The van der Waals surface area contributed by atoms with Crippen molar-refractivity contribution >= 4 is 38.7 Å². The van der Waals surface area contributed by atoms with Crippen LogP contribution in [0.15, 0.2) is 58.8 Å². The van der Waals surface area contributed by atoms with Crippen LogP contribution in [-0.2, 0) is 21.2 Å². The summed E-state index contributed by atoms with van der Waals surface area (Å²) >= 11 is 7.30. The van der Waals surface area contributed by atoms with E-state index < -0.39 is 15.8 Å². The molecule has 26 heavy (non-hydrogen) atoms. The summed E-state index contributed by atoms with van der Waals surface area (Å²) in [7, 11) is -3.52. The van der Waals surface area contributed by atoms with Crippen LogP contribution in [0.3, 0.4) is 0 Å². The Hall–Kier alpha value is -2.22. The highest BCUT2D eigenvalue weighted by molar-refractivity contribution is 7.90. The molecule has 0 aliphatic carbocycles. The van der Waals surface area contributed by atoms with Crippen LogP contribution in [0.25, 0.3) is 10.6 Å². The van der Waals surface area contributed by atoms with Gasteiger partial charge in [-0.15, -0.1) is 11.3 Å². The molecule has 0 unspecified atom stereocenters. The van der Waals surface area contributed by atoms with Crippen molar-refractivity contribution in [1.82, 2.24) is 4.98 Å². The maximum Gasteiger partial charge on any atom is 0.339 e. The molecule has 3 aromatic rings. The van der Waals surface area contributed by atoms with E-state index in [0.29, 0.717) is 10.7 Å². The third-order valence-corrected chi connectivity index (χ3v) is 5.85. The number of rotatable bonds is 5. The lowest BCUT2D eigenvalue weighted by molar-refractivity contribution is 0.0464. The zero-order chi connectivity index (χ0) is 18.7. The number of aromatic nitrogens is 1. The molecular weight excluding hydrogens is 394 g/mol. The Morgan fingerprint density at radius 1 is 1.15 bits per heavy atom. The molecule has 3 rings (SSSR count). The van der Waals surface area contributed by atoms with Gasteiger partial charge < -0.3 is 4.74 Å². The number of carbonyl (C=O) groups excluding carboxylic acids is 1. The largest absolute Gasteiger partial charge is 0.456 e. The van der Waals surface area contributed by atoms with Gasteiger partial charge in [0, 0.05) is 22.2 Å². The number of sulfone groups is 1. The van der Waals surface area contributed by atoms with Crippen LogP contribution >= 0.6 is 22.9 Å². The van der Waals surface area contributed by atoms with Gasteiger partial charge in [0.1, 0.15) is 11.6 Å². The third-order valence-electron chi connectivity index (χ3n) is 3.50. The molecule has 0 bridgehead atoms. The summed E-state index contributed by atoms with van der Waals surface area (Å²) in [5, 5.41) is 3.22. The molecule has 0 fully saturated rings. The van der Waals surface area contributed by atoms with E-state index in [2.05, 4.69) is 4.98 Å². The van der Waals surface area contributed by atoms with E-state index in [1.54, 1.807) is 29.6 Å². The Morgan fingerprint density at radius 3 is 2.54 bits per heavy atom. The third kappa shape index (κ3) is 4.30. The van der Waals surface area contributed by atoms with Gasteiger partial charge in [-0.3, -0.25) is 0 Å². The Morgan fingerprint density at radius 2 is 1.85 bits per heavy atom. The number of halogens is 1. The normalized spacial score (nSPS) is 11.3. The number of carbonyl (C=O) groups is 1. The van der Waals surface area contributed by atoms with E-state index in [-0.39, 0.29) is 17.1 Å². The molecule has 2 aromatic carbocycles. The van der Waals surface area contributed by atoms with Crippen LogP contribution in [-0.4, -0.2) is 25.6 Å². The summed E-state index contributed by atoms with van der Waals surface area (Å²) in [6.45, 7) is -0.0407. The van der Waals surface area contributed by atoms with Crippen LogP contribution in [0.1, 0.15) is 16.1 Å². The fourth-order valence-corrected chi connectivity index (χ4v) is 4.09. The van der Waals surface area contributed by atoms with Gasteiger partial charge in [-0.05, 0) is 24.3 Å². The van der Waals surface area contributed by atoms with Crippen LogP contribution in [0, 0.1) is 0 Å². The molecule has 0 saturated heterocycles. The highest BCUT2D eigenvalue weighted by atomic mass is 35.5. The average molecular weight is 408 g/mol. The Bertz CT molecular complexity index is 1040. The Labute approximate surface area is 160 Å². The quantitative estimate of drug-likeness (QED) is 0.592. The summed E-state index contributed by atoms with van der Waals surface area (Å²) in [5.74, 6) is -0.702. The lowest BCUT2D eigenvalue weighted by Gasteiger charge is -2.07. The smallest absolute Gasteiger partial charge is 0.339 e. The zero-order valence-electron chi connectivity index (χ0n) is 13.7. The number of esters is 1. The molecule has 1 aromatic heterocycles. The predicted molar refractivity (Wildman–Crippen MR) is 101 cm³/mol. The molecule has 0 saturated carbocycles. The second kappa shape index (κ2) is 7.57. The topological polar surface area (TPSA) is 73.3 Å². The fourth-order valence-electron chi connectivity index (χ4n) is 2.27. The second-order valence-corrected chi connectivity index (χ2v) is 8.77. The molecule has 1 heterocycles. The van der Waals surface area contributed by atoms with Crippen LogP contribution in [0.5, 0.6) is 0 Å². The summed E-state index contributed by atoms with van der Waals surface area (Å²) < 4.78 is 28.8. The van der Waals surface area contributed by atoms with E-state index in [1.807, 2.05) is 12.1 Å². The van der Waals surface area contributed by atoms with Gasteiger partial charge in [0.15, 0.2) is 9.84 Å². The Balaban J connectivity index is 1.72. The van der Waals surface area contributed by atoms with Gasteiger partial charge in [-0.1, -0.05) is 35.9 Å². The van der Waals surface area contributed by atoms with Gasteiger partial charge in [0.25, 0.3) is 0 Å². The van der Waals surface area contributed by atoms with Crippen molar-refractivity contribution in [2.45, 2.75) is 11.5 Å². The fraction of sp³-hybridized carbons (Fsp3) is 0.111. The number of benzene rings is 2.